The number of aromatic nitrogens is 4. The van der Waals surface area contributed by atoms with Crippen molar-refractivity contribution in [2.45, 2.75) is 45.1 Å². The Balaban J connectivity index is 1.89. The highest BCUT2D eigenvalue weighted by molar-refractivity contribution is 5.86. The molecular weight excluding hydrogens is 214 g/mol. The minimum absolute atomic E-state index is 0.541. The van der Waals surface area contributed by atoms with Crippen molar-refractivity contribution in [3.63, 3.8) is 0 Å². The van der Waals surface area contributed by atoms with Crippen molar-refractivity contribution in [2.75, 3.05) is 5.32 Å². The zero-order chi connectivity index (χ0) is 11.7. The Hall–Kier alpha value is -1.65. The Bertz CT molecular complexity index is 513. The topological polar surface area (TPSA) is 66.5 Å². The molecule has 0 unspecified atom stereocenters. The monoisotopic (exact) mass is 231 g/mol. The first-order chi connectivity index (χ1) is 8.34. The molecule has 0 aliphatic heterocycles. The zero-order valence-electron chi connectivity index (χ0n) is 10.0. The van der Waals surface area contributed by atoms with Crippen LogP contribution < -0.4 is 5.32 Å². The third-order valence-electron chi connectivity index (χ3n) is 3.46. The van der Waals surface area contributed by atoms with E-state index in [1.54, 1.807) is 6.33 Å². The number of aryl methyl sites for hydroxylation is 1. The molecule has 1 fully saturated rings. The van der Waals surface area contributed by atoms with Crippen molar-refractivity contribution in [1.29, 1.82) is 0 Å². The second kappa shape index (κ2) is 4.31. The first-order valence-corrected chi connectivity index (χ1v) is 6.27. The van der Waals surface area contributed by atoms with E-state index in [-0.39, 0.29) is 0 Å². The fourth-order valence-electron chi connectivity index (χ4n) is 2.50. The average molecular weight is 231 g/mol. The quantitative estimate of drug-likeness (QED) is 0.833. The Kier molecular flexibility index (Phi) is 2.66. The van der Waals surface area contributed by atoms with Gasteiger partial charge in [-0.2, -0.15) is 5.10 Å². The minimum Gasteiger partial charge on any atom is -0.365 e. The van der Waals surface area contributed by atoms with Crippen LogP contribution in [0.5, 0.6) is 0 Å². The van der Waals surface area contributed by atoms with Crippen LogP contribution in [-0.2, 0) is 0 Å². The van der Waals surface area contributed by atoms with E-state index in [1.807, 2.05) is 6.92 Å². The summed E-state index contributed by atoms with van der Waals surface area (Å²) in [4.78, 5) is 8.56. The second-order valence-electron chi connectivity index (χ2n) is 4.75. The van der Waals surface area contributed by atoms with Crippen LogP contribution in [0.4, 0.5) is 5.82 Å². The summed E-state index contributed by atoms with van der Waals surface area (Å²) in [6.07, 6.45) is 8.05. The largest absolute Gasteiger partial charge is 0.365 e. The second-order valence-corrected chi connectivity index (χ2v) is 4.75. The molecule has 0 saturated heterocycles. The van der Waals surface area contributed by atoms with Gasteiger partial charge in [-0.1, -0.05) is 19.3 Å². The molecule has 2 aromatic rings. The molecule has 0 spiro atoms. The average Bonchev–Trinajstić information content (AvgIpc) is 2.74. The molecule has 1 aliphatic rings. The smallest absolute Gasteiger partial charge is 0.158 e. The maximum absolute atomic E-state index is 4.31. The van der Waals surface area contributed by atoms with E-state index in [0.717, 1.165) is 22.5 Å². The number of aromatic amines is 1. The summed E-state index contributed by atoms with van der Waals surface area (Å²) in [5.74, 6) is 0.867. The summed E-state index contributed by atoms with van der Waals surface area (Å²) in [5.41, 5.74) is 2.77. The fourth-order valence-corrected chi connectivity index (χ4v) is 2.50. The van der Waals surface area contributed by atoms with Crippen molar-refractivity contribution in [3.8, 4) is 0 Å². The van der Waals surface area contributed by atoms with Crippen LogP contribution in [0.15, 0.2) is 6.33 Å². The molecule has 2 heterocycles. The number of hydrogen-bond acceptors (Lipinski definition) is 4. The fraction of sp³-hybridized carbons (Fsp3) is 0.583. The lowest BCUT2D eigenvalue weighted by atomic mass is 9.95. The van der Waals surface area contributed by atoms with Crippen LogP contribution >= 0.6 is 0 Å². The van der Waals surface area contributed by atoms with E-state index in [4.69, 9.17) is 0 Å². The highest BCUT2D eigenvalue weighted by atomic mass is 15.2. The van der Waals surface area contributed by atoms with Crippen LogP contribution in [0.2, 0.25) is 0 Å². The summed E-state index contributed by atoms with van der Waals surface area (Å²) in [6.45, 7) is 1.98. The van der Waals surface area contributed by atoms with Crippen LogP contribution in [0.3, 0.4) is 0 Å². The van der Waals surface area contributed by atoms with Gasteiger partial charge in [-0.3, -0.25) is 5.10 Å². The van der Waals surface area contributed by atoms with Gasteiger partial charge in [0, 0.05) is 6.04 Å². The molecule has 2 N–H and O–H groups in total. The first kappa shape index (κ1) is 10.5. The van der Waals surface area contributed by atoms with E-state index in [1.165, 1.54) is 32.1 Å². The molecule has 1 aliphatic carbocycles. The summed E-state index contributed by atoms with van der Waals surface area (Å²) in [7, 11) is 0. The molecule has 2 aromatic heterocycles. The van der Waals surface area contributed by atoms with Gasteiger partial charge in [0.2, 0.25) is 0 Å². The van der Waals surface area contributed by atoms with Crippen LogP contribution in [0, 0.1) is 6.92 Å². The lowest BCUT2D eigenvalue weighted by Crippen LogP contribution is -2.23. The Morgan fingerprint density at radius 3 is 2.82 bits per heavy atom. The predicted molar refractivity (Wildman–Crippen MR) is 66.9 cm³/mol. The highest BCUT2D eigenvalue weighted by Gasteiger charge is 2.16. The number of anilines is 1. The molecule has 5 nitrogen and oxygen atoms in total. The van der Waals surface area contributed by atoms with E-state index in [0.29, 0.717) is 6.04 Å². The van der Waals surface area contributed by atoms with Crippen molar-refractivity contribution in [1.82, 2.24) is 20.2 Å². The Morgan fingerprint density at radius 1 is 1.18 bits per heavy atom. The van der Waals surface area contributed by atoms with Crippen LogP contribution in [0.1, 0.15) is 37.8 Å². The summed E-state index contributed by atoms with van der Waals surface area (Å²) in [6, 6.07) is 0.541. The predicted octanol–water partition coefficient (Wildman–Crippen LogP) is 2.41. The van der Waals surface area contributed by atoms with Gasteiger partial charge in [0.1, 0.15) is 11.8 Å². The van der Waals surface area contributed by atoms with Gasteiger partial charge in [0.05, 0.1) is 5.69 Å². The van der Waals surface area contributed by atoms with Gasteiger partial charge in [-0.25, -0.2) is 9.97 Å². The molecule has 3 rings (SSSR count). The van der Waals surface area contributed by atoms with Crippen molar-refractivity contribution in [2.24, 2.45) is 0 Å². The first-order valence-electron chi connectivity index (χ1n) is 6.27. The van der Waals surface area contributed by atoms with Gasteiger partial charge in [0.15, 0.2) is 11.3 Å². The summed E-state index contributed by atoms with van der Waals surface area (Å²) >= 11 is 0. The number of fused-ring (bicyclic) bond motifs is 1. The minimum atomic E-state index is 0.541. The maximum Gasteiger partial charge on any atom is 0.158 e. The molecule has 5 heteroatoms. The van der Waals surface area contributed by atoms with E-state index < -0.39 is 0 Å². The molecule has 0 amide bonds. The van der Waals surface area contributed by atoms with E-state index in [9.17, 15) is 0 Å². The molecule has 90 valence electrons. The molecule has 0 aromatic carbocycles. The van der Waals surface area contributed by atoms with Gasteiger partial charge >= 0.3 is 0 Å². The number of nitrogens with one attached hydrogen (secondary N) is 2. The third kappa shape index (κ3) is 1.97. The molecule has 17 heavy (non-hydrogen) atoms. The summed E-state index contributed by atoms with van der Waals surface area (Å²) < 4.78 is 0. The highest BCUT2D eigenvalue weighted by Crippen LogP contribution is 2.24. The lowest BCUT2D eigenvalue weighted by Gasteiger charge is -2.23. The van der Waals surface area contributed by atoms with Gasteiger partial charge in [-0.15, -0.1) is 0 Å². The lowest BCUT2D eigenvalue weighted by molar-refractivity contribution is 0.462. The Morgan fingerprint density at radius 2 is 2.00 bits per heavy atom. The molecule has 1 saturated carbocycles. The van der Waals surface area contributed by atoms with E-state index in [2.05, 4.69) is 25.5 Å². The Labute approximate surface area is 100 Å². The standard InChI is InChI=1S/C12H17N5/c1-8-10-11(17-16-8)12(14-7-13-10)15-9-5-3-2-4-6-9/h7,9H,2-6H2,1H3,(H,16,17)(H,13,14,15). The van der Waals surface area contributed by atoms with Crippen LogP contribution in [0.25, 0.3) is 11.0 Å². The van der Waals surface area contributed by atoms with Crippen molar-refractivity contribution in [3.05, 3.63) is 12.0 Å². The number of rotatable bonds is 2. The molecule has 0 bridgehead atoms. The SMILES string of the molecule is Cc1[nH]nc2c(NC3CCCCC3)ncnc12. The van der Waals surface area contributed by atoms with Gasteiger partial charge in [0.25, 0.3) is 0 Å². The van der Waals surface area contributed by atoms with Crippen molar-refractivity contribution >= 4 is 16.9 Å². The van der Waals surface area contributed by atoms with Gasteiger partial charge in [-0.05, 0) is 19.8 Å². The van der Waals surface area contributed by atoms with E-state index >= 15 is 0 Å². The molecular formula is C12H17N5. The maximum atomic E-state index is 4.31. The summed E-state index contributed by atoms with van der Waals surface area (Å²) in [5, 5.41) is 10.7. The number of nitrogens with zero attached hydrogens (tertiary/aromatic N) is 3. The van der Waals surface area contributed by atoms with Gasteiger partial charge < -0.3 is 5.32 Å². The molecule has 0 radical (unpaired) electrons. The number of H-pyrrole nitrogens is 1. The molecule has 0 atom stereocenters. The van der Waals surface area contributed by atoms with Crippen molar-refractivity contribution < 1.29 is 0 Å². The normalized spacial score (nSPS) is 17.5. The zero-order valence-corrected chi connectivity index (χ0v) is 10.0. The number of hydrogen-bond donors (Lipinski definition) is 2. The third-order valence-corrected chi connectivity index (χ3v) is 3.46. The van der Waals surface area contributed by atoms with Crippen LogP contribution in [-0.4, -0.2) is 26.2 Å².